The van der Waals surface area contributed by atoms with Crippen LogP contribution >= 0.6 is 0 Å². The summed E-state index contributed by atoms with van der Waals surface area (Å²) in [6.07, 6.45) is 0.544. The minimum absolute atomic E-state index is 0.0819. The molecule has 1 unspecified atom stereocenters. The number of rotatable bonds is 4. The van der Waals surface area contributed by atoms with Crippen molar-refractivity contribution < 1.29 is 13.2 Å². The molecule has 2 aliphatic rings. The van der Waals surface area contributed by atoms with E-state index < -0.39 is 9.84 Å². The molecule has 0 aromatic heterocycles. The molecule has 6 nitrogen and oxygen atoms in total. The molecular weight excluding hydrogens is 242 g/mol. The van der Waals surface area contributed by atoms with Crippen molar-refractivity contribution in [2.45, 2.75) is 18.5 Å². The zero-order valence-corrected chi connectivity index (χ0v) is 10.8. The first kappa shape index (κ1) is 12.8. The standard InChI is InChI=1S/C10H19N3O3S/c1-13(9-4-11-5-9)6-10(14)12-8-2-3-17(15,16)7-8/h8-9,11H,2-7H2,1H3,(H,12,14). The molecule has 0 spiro atoms. The number of hydrogen-bond donors (Lipinski definition) is 2. The maximum Gasteiger partial charge on any atom is 0.234 e. The second-order valence-corrected chi connectivity index (χ2v) is 7.12. The van der Waals surface area contributed by atoms with Crippen LogP contribution in [0.1, 0.15) is 6.42 Å². The number of sulfone groups is 1. The molecular formula is C10H19N3O3S. The van der Waals surface area contributed by atoms with Gasteiger partial charge in [0.15, 0.2) is 9.84 Å². The van der Waals surface area contributed by atoms with E-state index in [9.17, 15) is 13.2 Å². The number of nitrogens with zero attached hydrogens (tertiary/aromatic N) is 1. The van der Waals surface area contributed by atoms with Crippen LogP contribution in [0.3, 0.4) is 0 Å². The van der Waals surface area contributed by atoms with Crippen molar-refractivity contribution in [3.05, 3.63) is 0 Å². The fourth-order valence-electron chi connectivity index (χ4n) is 2.12. The highest BCUT2D eigenvalue weighted by atomic mass is 32.2. The maximum absolute atomic E-state index is 11.7. The van der Waals surface area contributed by atoms with Crippen LogP contribution < -0.4 is 10.6 Å². The molecule has 98 valence electrons. The largest absolute Gasteiger partial charge is 0.351 e. The first-order valence-corrected chi connectivity index (χ1v) is 7.69. The maximum atomic E-state index is 11.7. The quantitative estimate of drug-likeness (QED) is 0.624. The van der Waals surface area contributed by atoms with Gasteiger partial charge >= 0.3 is 0 Å². The van der Waals surface area contributed by atoms with E-state index in [0.717, 1.165) is 13.1 Å². The van der Waals surface area contributed by atoms with E-state index in [1.165, 1.54) is 0 Å². The van der Waals surface area contributed by atoms with Gasteiger partial charge in [-0.2, -0.15) is 0 Å². The van der Waals surface area contributed by atoms with E-state index in [4.69, 9.17) is 0 Å². The molecule has 2 rings (SSSR count). The van der Waals surface area contributed by atoms with Crippen LogP contribution in [0.25, 0.3) is 0 Å². The lowest BCUT2D eigenvalue weighted by atomic mass is 10.1. The molecule has 2 fully saturated rings. The predicted octanol–water partition coefficient (Wildman–Crippen LogP) is -1.81. The Morgan fingerprint density at radius 3 is 2.65 bits per heavy atom. The highest BCUT2D eigenvalue weighted by Gasteiger charge is 2.30. The van der Waals surface area contributed by atoms with E-state index >= 15 is 0 Å². The van der Waals surface area contributed by atoms with E-state index in [2.05, 4.69) is 10.6 Å². The van der Waals surface area contributed by atoms with Crippen molar-refractivity contribution in [1.29, 1.82) is 0 Å². The minimum Gasteiger partial charge on any atom is -0.351 e. The summed E-state index contributed by atoms with van der Waals surface area (Å²) in [6.45, 7) is 2.17. The Labute approximate surface area is 102 Å². The first-order chi connectivity index (χ1) is 7.96. The van der Waals surface area contributed by atoms with Gasteiger partial charge in [0.25, 0.3) is 0 Å². The monoisotopic (exact) mass is 261 g/mol. The molecule has 1 amide bonds. The molecule has 2 aliphatic heterocycles. The third kappa shape index (κ3) is 3.40. The molecule has 2 N–H and O–H groups in total. The zero-order valence-electron chi connectivity index (χ0n) is 9.98. The third-order valence-electron chi connectivity index (χ3n) is 3.37. The molecule has 0 aliphatic carbocycles. The summed E-state index contributed by atoms with van der Waals surface area (Å²) in [4.78, 5) is 13.7. The molecule has 0 saturated carbocycles. The summed E-state index contributed by atoms with van der Waals surface area (Å²) in [6, 6.07) is 0.230. The Kier molecular flexibility index (Phi) is 3.70. The second-order valence-electron chi connectivity index (χ2n) is 4.89. The van der Waals surface area contributed by atoms with Crippen LogP contribution in [0.4, 0.5) is 0 Å². The Bertz CT molecular complexity index is 392. The Morgan fingerprint density at radius 1 is 1.47 bits per heavy atom. The summed E-state index contributed by atoms with van der Waals surface area (Å²) >= 11 is 0. The molecule has 0 aromatic carbocycles. The van der Waals surface area contributed by atoms with Gasteiger partial charge in [0.1, 0.15) is 0 Å². The lowest BCUT2D eigenvalue weighted by molar-refractivity contribution is -0.123. The second kappa shape index (κ2) is 4.91. The smallest absolute Gasteiger partial charge is 0.234 e. The highest BCUT2D eigenvalue weighted by Crippen LogP contribution is 2.11. The SMILES string of the molecule is CN(CC(=O)NC1CCS(=O)(=O)C1)C1CNC1. The lowest BCUT2D eigenvalue weighted by Crippen LogP contribution is -2.57. The average Bonchev–Trinajstić information content (AvgIpc) is 2.41. The van der Waals surface area contributed by atoms with Crippen molar-refractivity contribution in [3.63, 3.8) is 0 Å². The van der Waals surface area contributed by atoms with Gasteiger partial charge in [0.05, 0.1) is 18.1 Å². The van der Waals surface area contributed by atoms with E-state index in [1.54, 1.807) is 0 Å². The van der Waals surface area contributed by atoms with Crippen LogP contribution in [0.5, 0.6) is 0 Å². The van der Waals surface area contributed by atoms with Crippen LogP contribution in [0.15, 0.2) is 0 Å². The van der Waals surface area contributed by atoms with Crippen molar-refractivity contribution in [2.75, 3.05) is 38.2 Å². The predicted molar refractivity (Wildman–Crippen MR) is 64.5 cm³/mol. The van der Waals surface area contributed by atoms with Gasteiger partial charge in [0, 0.05) is 25.2 Å². The van der Waals surface area contributed by atoms with E-state index in [1.807, 2.05) is 11.9 Å². The first-order valence-electron chi connectivity index (χ1n) is 5.87. The summed E-state index contributed by atoms with van der Waals surface area (Å²) < 4.78 is 22.5. The number of likely N-dealkylation sites (N-methyl/N-ethyl adjacent to an activating group) is 1. The van der Waals surface area contributed by atoms with Gasteiger partial charge in [-0.15, -0.1) is 0 Å². The number of nitrogens with one attached hydrogen (secondary N) is 2. The van der Waals surface area contributed by atoms with Crippen LogP contribution in [-0.2, 0) is 14.6 Å². The average molecular weight is 261 g/mol. The van der Waals surface area contributed by atoms with Crippen LogP contribution in [0.2, 0.25) is 0 Å². The Hall–Kier alpha value is -0.660. The van der Waals surface area contributed by atoms with Gasteiger partial charge < -0.3 is 10.6 Å². The summed E-state index contributed by atoms with van der Waals surface area (Å²) in [5.74, 6) is 0.204. The van der Waals surface area contributed by atoms with Gasteiger partial charge in [0.2, 0.25) is 5.91 Å². The fraction of sp³-hybridized carbons (Fsp3) is 0.900. The summed E-state index contributed by atoms with van der Waals surface area (Å²) in [5.41, 5.74) is 0. The number of carbonyl (C=O) groups is 1. The zero-order chi connectivity index (χ0) is 12.5. The van der Waals surface area contributed by atoms with E-state index in [0.29, 0.717) is 19.0 Å². The highest BCUT2D eigenvalue weighted by molar-refractivity contribution is 7.91. The normalized spacial score (nSPS) is 28.0. The van der Waals surface area contributed by atoms with Crippen molar-refractivity contribution in [1.82, 2.24) is 15.5 Å². The fourth-order valence-corrected chi connectivity index (χ4v) is 3.80. The molecule has 0 radical (unpaired) electrons. The Morgan fingerprint density at radius 2 is 2.18 bits per heavy atom. The van der Waals surface area contributed by atoms with E-state index in [-0.39, 0.29) is 23.5 Å². The molecule has 0 aromatic rings. The summed E-state index contributed by atoms with van der Waals surface area (Å²) in [7, 11) is -1.00. The number of carbonyl (C=O) groups excluding carboxylic acids is 1. The van der Waals surface area contributed by atoms with Crippen molar-refractivity contribution in [2.24, 2.45) is 0 Å². The van der Waals surface area contributed by atoms with Crippen LogP contribution in [-0.4, -0.2) is 69.5 Å². The number of hydrogen-bond acceptors (Lipinski definition) is 5. The molecule has 2 saturated heterocycles. The van der Waals surface area contributed by atoms with Gasteiger partial charge in [-0.1, -0.05) is 0 Å². The lowest BCUT2D eigenvalue weighted by Gasteiger charge is -2.35. The minimum atomic E-state index is -2.92. The topological polar surface area (TPSA) is 78.5 Å². The molecule has 1 atom stereocenters. The van der Waals surface area contributed by atoms with Crippen LogP contribution in [0, 0.1) is 0 Å². The molecule has 7 heteroatoms. The molecule has 0 bridgehead atoms. The van der Waals surface area contributed by atoms with Crippen molar-refractivity contribution in [3.8, 4) is 0 Å². The van der Waals surface area contributed by atoms with Crippen molar-refractivity contribution >= 4 is 15.7 Å². The van der Waals surface area contributed by atoms with Gasteiger partial charge in [-0.05, 0) is 13.5 Å². The molecule has 2 heterocycles. The number of amides is 1. The molecule has 17 heavy (non-hydrogen) atoms. The third-order valence-corrected chi connectivity index (χ3v) is 5.14. The summed E-state index contributed by atoms with van der Waals surface area (Å²) in [5, 5.41) is 5.93. The Balaban J connectivity index is 1.74. The van der Waals surface area contributed by atoms with Gasteiger partial charge in [-0.25, -0.2) is 8.42 Å². The van der Waals surface area contributed by atoms with Gasteiger partial charge in [-0.3, -0.25) is 9.69 Å².